The van der Waals surface area contributed by atoms with Crippen LogP contribution < -0.4 is 5.32 Å². The highest BCUT2D eigenvalue weighted by Crippen LogP contribution is 2.42. The van der Waals surface area contributed by atoms with Gasteiger partial charge in [0.25, 0.3) is 0 Å². The molecule has 1 N–H and O–H groups in total. The van der Waals surface area contributed by atoms with Crippen molar-refractivity contribution in [1.29, 1.82) is 10.5 Å². The molecular formula is C15H19N3O2S. The van der Waals surface area contributed by atoms with Crippen molar-refractivity contribution in [2.45, 2.75) is 34.6 Å². The molecule has 1 heterocycles. The Kier molecular flexibility index (Phi) is 4.86. The van der Waals surface area contributed by atoms with Crippen LogP contribution in [0.4, 0.5) is 0 Å². The van der Waals surface area contributed by atoms with Crippen molar-refractivity contribution in [1.82, 2.24) is 5.32 Å². The van der Waals surface area contributed by atoms with Gasteiger partial charge in [-0.2, -0.15) is 10.5 Å². The summed E-state index contributed by atoms with van der Waals surface area (Å²) in [4.78, 5) is 24.0. The predicted molar refractivity (Wildman–Crippen MR) is 80.6 cm³/mol. The number of hydrogen-bond donors (Lipinski definition) is 1. The van der Waals surface area contributed by atoms with E-state index in [0.717, 1.165) is 11.8 Å². The zero-order chi connectivity index (χ0) is 16.4. The number of amides is 1. The fraction of sp³-hybridized carbons (Fsp3) is 0.600. The van der Waals surface area contributed by atoms with Crippen molar-refractivity contribution in [3.63, 3.8) is 0 Å². The number of carbonyl (C=O) groups is 2. The van der Waals surface area contributed by atoms with Crippen LogP contribution in [0.15, 0.2) is 10.6 Å². The fourth-order valence-corrected chi connectivity index (χ4v) is 3.22. The van der Waals surface area contributed by atoms with E-state index >= 15 is 0 Å². The van der Waals surface area contributed by atoms with Gasteiger partial charge in [-0.15, -0.1) is 0 Å². The number of rotatable bonds is 3. The molecule has 1 rings (SSSR count). The monoisotopic (exact) mass is 305 g/mol. The molecule has 21 heavy (non-hydrogen) atoms. The number of ketones is 1. The lowest BCUT2D eigenvalue weighted by Gasteiger charge is -2.34. The second-order valence-electron chi connectivity index (χ2n) is 6.55. The highest BCUT2D eigenvalue weighted by Gasteiger charge is 2.44. The maximum absolute atomic E-state index is 12.0. The summed E-state index contributed by atoms with van der Waals surface area (Å²) in [6.07, 6.45) is 0. The predicted octanol–water partition coefficient (Wildman–Crippen LogP) is 2.37. The quantitative estimate of drug-likeness (QED) is 0.864. The Bertz CT molecular complexity index is 586. The SMILES string of the molecule is CC(C)(C)C(=O)CSC1=C(C#N)C(C)(C)[C@@H](C#N)C(=O)N1. The summed E-state index contributed by atoms with van der Waals surface area (Å²) in [5.74, 6) is -1.12. The third-order valence-corrected chi connectivity index (χ3v) is 4.52. The van der Waals surface area contributed by atoms with E-state index in [2.05, 4.69) is 11.4 Å². The van der Waals surface area contributed by atoms with Crippen LogP contribution in [-0.4, -0.2) is 17.4 Å². The lowest BCUT2D eigenvalue weighted by molar-refractivity contribution is -0.125. The van der Waals surface area contributed by atoms with Crippen LogP contribution in [-0.2, 0) is 9.59 Å². The van der Waals surface area contributed by atoms with Gasteiger partial charge in [0.15, 0.2) is 0 Å². The minimum atomic E-state index is -0.908. The van der Waals surface area contributed by atoms with E-state index in [-0.39, 0.29) is 11.5 Å². The van der Waals surface area contributed by atoms with E-state index < -0.39 is 22.7 Å². The van der Waals surface area contributed by atoms with Crippen LogP contribution in [0.5, 0.6) is 0 Å². The third-order valence-electron chi connectivity index (χ3n) is 3.52. The standard InChI is InChI=1S/C15H19N3O2S/c1-14(2,3)11(19)8-21-13-10(7-17)15(4,5)9(6-16)12(20)18-13/h9H,8H2,1-5H3,(H,18,20)/t9-/m0/s1. The van der Waals surface area contributed by atoms with Gasteiger partial charge >= 0.3 is 0 Å². The molecule has 1 atom stereocenters. The van der Waals surface area contributed by atoms with Gasteiger partial charge in [0, 0.05) is 10.8 Å². The van der Waals surface area contributed by atoms with Gasteiger partial charge in [-0.3, -0.25) is 9.59 Å². The largest absolute Gasteiger partial charge is 0.319 e. The topological polar surface area (TPSA) is 93.8 Å². The number of allylic oxidation sites excluding steroid dienone is 1. The van der Waals surface area contributed by atoms with Gasteiger partial charge in [0.05, 0.1) is 28.5 Å². The van der Waals surface area contributed by atoms with E-state index in [9.17, 15) is 14.9 Å². The minimum Gasteiger partial charge on any atom is -0.319 e. The number of carbonyl (C=O) groups excluding carboxylic acids is 2. The minimum absolute atomic E-state index is 0.0340. The van der Waals surface area contributed by atoms with Crippen molar-refractivity contribution >= 4 is 23.5 Å². The number of nitrogens with zero attached hydrogens (tertiary/aromatic N) is 2. The van der Waals surface area contributed by atoms with Crippen molar-refractivity contribution in [2.24, 2.45) is 16.7 Å². The van der Waals surface area contributed by atoms with Crippen molar-refractivity contribution < 1.29 is 9.59 Å². The zero-order valence-corrected chi connectivity index (χ0v) is 13.7. The fourth-order valence-electron chi connectivity index (χ4n) is 1.89. The average molecular weight is 305 g/mol. The molecule has 0 radical (unpaired) electrons. The molecule has 0 bridgehead atoms. The van der Waals surface area contributed by atoms with Gasteiger partial charge < -0.3 is 5.32 Å². The molecule has 5 nitrogen and oxygen atoms in total. The first-order chi connectivity index (χ1) is 9.55. The number of nitrogens with one attached hydrogen (secondary N) is 1. The van der Waals surface area contributed by atoms with E-state index in [1.807, 2.05) is 26.8 Å². The molecule has 0 saturated heterocycles. The molecule has 0 aliphatic carbocycles. The summed E-state index contributed by atoms with van der Waals surface area (Å²) in [5.41, 5.74) is -0.983. The second kappa shape index (κ2) is 5.91. The van der Waals surface area contributed by atoms with E-state index in [0.29, 0.717) is 10.6 Å². The Morgan fingerprint density at radius 3 is 2.38 bits per heavy atom. The Balaban J connectivity index is 3.08. The molecule has 0 spiro atoms. The number of thioether (sulfide) groups is 1. The van der Waals surface area contributed by atoms with Crippen LogP contribution >= 0.6 is 11.8 Å². The molecule has 0 aromatic rings. The molecule has 0 fully saturated rings. The van der Waals surface area contributed by atoms with Gasteiger partial charge in [-0.1, -0.05) is 46.4 Å². The molecule has 1 aliphatic rings. The number of nitriles is 2. The van der Waals surface area contributed by atoms with Gasteiger partial charge in [-0.05, 0) is 0 Å². The summed E-state index contributed by atoms with van der Waals surface area (Å²) < 4.78 is 0. The molecule has 0 aromatic heterocycles. The van der Waals surface area contributed by atoms with E-state index in [4.69, 9.17) is 5.26 Å². The Morgan fingerprint density at radius 2 is 1.95 bits per heavy atom. The summed E-state index contributed by atoms with van der Waals surface area (Å²) in [5, 5.41) is 21.4. The maximum Gasteiger partial charge on any atom is 0.243 e. The second-order valence-corrected chi connectivity index (χ2v) is 7.54. The number of hydrogen-bond acceptors (Lipinski definition) is 5. The molecule has 6 heteroatoms. The zero-order valence-electron chi connectivity index (χ0n) is 12.9. The van der Waals surface area contributed by atoms with Crippen molar-refractivity contribution in [3.8, 4) is 12.1 Å². The van der Waals surface area contributed by atoms with Crippen molar-refractivity contribution in [2.75, 3.05) is 5.75 Å². The Morgan fingerprint density at radius 1 is 1.38 bits per heavy atom. The van der Waals surface area contributed by atoms with Crippen LogP contribution in [0.1, 0.15) is 34.6 Å². The smallest absolute Gasteiger partial charge is 0.243 e. The molecule has 0 aromatic carbocycles. The van der Waals surface area contributed by atoms with Crippen LogP contribution in [0.2, 0.25) is 0 Å². The first-order valence-electron chi connectivity index (χ1n) is 6.57. The molecule has 0 saturated carbocycles. The summed E-state index contributed by atoms with van der Waals surface area (Å²) in [7, 11) is 0. The van der Waals surface area contributed by atoms with Gasteiger partial charge in [0.2, 0.25) is 5.91 Å². The van der Waals surface area contributed by atoms with Crippen LogP contribution in [0, 0.1) is 39.4 Å². The van der Waals surface area contributed by atoms with Gasteiger partial charge in [-0.25, -0.2) is 0 Å². The van der Waals surface area contributed by atoms with Crippen LogP contribution in [0.3, 0.4) is 0 Å². The van der Waals surface area contributed by atoms with Crippen LogP contribution in [0.25, 0.3) is 0 Å². The van der Waals surface area contributed by atoms with E-state index in [1.165, 1.54) is 0 Å². The van der Waals surface area contributed by atoms with Gasteiger partial charge in [0.1, 0.15) is 11.7 Å². The third kappa shape index (κ3) is 3.46. The average Bonchev–Trinajstić information content (AvgIpc) is 2.33. The Labute approximate surface area is 129 Å². The van der Waals surface area contributed by atoms with Crippen molar-refractivity contribution in [3.05, 3.63) is 10.6 Å². The molecule has 0 unspecified atom stereocenters. The summed E-state index contributed by atoms with van der Waals surface area (Å²) in [6.45, 7) is 8.87. The highest BCUT2D eigenvalue weighted by atomic mass is 32.2. The molecular weight excluding hydrogens is 286 g/mol. The first-order valence-corrected chi connectivity index (χ1v) is 7.55. The lowest BCUT2D eigenvalue weighted by atomic mass is 9.72. The highest BCUT2D eigenvalue weighted by molar-refractivity contribution is 8.03. The maximum atomic E-state index is 12.0. The first kappa shape index (κ1) is 17.3. The normalized spacial score (nSPS) is 21.3. The molecule has 112 valence electrons. The lowest BCUT2D eigenvalue weighted by Crippen LogP contribution is -2.44. The molecule has 1 aliphatic heterocycles. The van der Waals surface area contributed by atoms with E-state index in [1.54, 1.807) is 13.8 Å². The summed E-state index contributed by atoms with van der Waals surface area (Å²) in [6, 6.07) is 4.02. The Hall–Kier alpha value is -1.79. The summed E-state index contributed by atoms with van der Waals surface area (Å²) >= 11 is 1.15. The number of Topliss-reactive ketones (excluding diaryl/α,β-unsaturated/α-hetero) is 1. The molecule has 1 amide bonds.